The Morgan fingerprint density at radius 1 is 0.462 bits per heavy atom. The van der Waals surface area contributed by atoms with Crippen molar-refractivity contribution in [1.82, 2.24) is 44.3 Å². The molecular formula is C78H70Br2ClN16O4PSi2. The lowest BCUT2D eigenvalue weighted by molar-refractivity contribution is -0.114. The standard InChI is InChI=1S/C22H22N4Si.C19H14N4.C17H13BrN4.C15H11BrN2O.C5H10Si.ClN2O3P/c1-16-24-25-21-15-23-22(18-8-6-5-7-9-18)19-14-17(12-13-27(2,3)4)10-11-20(19)26(16)21;1-3-14-9-10-17-16(11-14)19(15-7-5-4-6-8-15)20-12-18-22-21-13(2)23(17)18;1-11-20-21-16-10-19-17(12-5-3-2-4-6-12)14-9-13(18)7-8-15(14)22(11)16;16-11-6-7-13-12(8-11)15(17-9-14(19)18-13)10-4-2-1-3-5-10;1-5-6(2,3)4;1-7(6,2-4)3-5/h5-11,14H,15H2,1-4H3;1,4-11H,12H2,2H3;2-9H,10H2,1H3;1-8H,9H2,(H,18,19);1H,2-4H3;. The van der Waals surface area contributed by atoms with Gasteiger partial charge in [0.1, 0.15) is 59.8 Å². The minimum Gasteiger partial charge on any atom is -0.324 e. The molecule has 26 heteroatoms. The Hall–Kier alpha value is -10.9. The van der Waals surface area contributed by atoms with Gasteiger partial charge in [-0.05, 0) is 105 Å². The lowest BCUT2D eigenvalue weighted by Crippen LogP contribution is -2.16. The van der Waals surface area contributed by atoms with Gasteiger partial charge in [-0.3, -0.25) is 38.5 Å². The van der Waals surface area contributed by atoms with E-state index in [1.165, 1.54) is 0 Å². The summed E-state index contributed by atoms with van der Waals surface area (Å²) in [5.74, 6) is 11.2. The number of nitrogens with zero attached hydrogens (tertiary/aromatic N) is 15. The molecule has 3 aromatic heterocycles. The summed E-state index contributed by atoms with van der Waals surface area (Å²) in [6.45, 7) is 16.7. The predicted octanol–water partition coefficient (Wildman–Crippen LogP) is 17.4. The van der Waals surface area contributed by atoms with Crippen molar-refractivity contribution in [3.05, 3.63) is 303 Å². The Bertz CT molecular complexity index is 5360. The maximum atomic E-state index is 11.7. The number of aryl methyl sites for hydroxylation is 3. The quantitative estimate of drug-likeness (QED) is 0.0713. The van der Waals surface area contributed by atoms with Gasteiger partial charge in [0.2, 0.25) is 5.91 Å². The van der Waals surface area contributed by atoms with Crippen LogP contribution in [0.3, 0.4) is 0 Å². The molecule has 1 amide bonds. The van der Waals surface area contributed by atoms with Crippen molar-refractivity contribution in [3.63, 3.8) is 0 Å². The topological polar surface area (TPSA) is 247 Å². The number of benzodiazepines with no additional fused rings is 1. The number of terminal acetylenes is 2. The highest BCUT2D eigenvalue weighted by atomic mass is 79.9. The first-order chi connectivity index (χ1) is 49.9. The van der Waals surface area contributed by atoms with Crippen LogP contribution in [0.1, 0.15) is 90.6 Å². The smallest absolute Gasteiger partial charge is 0.324 e. The van der Waals surface area contributed by atoms with Crippen LogP contribution >= 0.6 is 49.9 Å². The first-order valence-corrected chi connectivity index (χ1v) is 43.8. The molecule has 15 rings (SSSR count). The summed E-state index contributed by atoms with van der Waals surface area (Å²) >= 11 is 11.5. The molecule has 4 aliphatic rings. The van der Waals surface area contributed by atoms with E-state index >= 15 is 0 Å². The number of carbonyl (C=O) groups is 1. The number of benzene rings is 8. The number of carbonyl (C=O) groups excluding carboxylic acids is 1. The third kappa shape index (κ3) is 19.0. The van der Waals surface area contributed by atoms with E-state index in [1.807, 2.05) is 148 Å². The zero-order valence-electron chi connectivity index (χ0n) is 58.4. The predicted molar refractivity (Wildman–Crippen MR) is 428 cm³/mol. The van der Waals surface area contributed by atoms with Gasteiger partial charge < -0.3 is 5.32 Å². The number of aliphatic imine (C=N–C) groups is 4. The molecule has 11 aromatic rings. The van der Waals surface area contributed by atoms with Crippen molar-refractivity contribution in [2.75, 3.05) is 11.9 Å². The molecule has 0 bridgehead atoms. The first kappa shape index (κ1) is 75.8. The summed E-state index contributed by atoms with van der Waals surface area (Å²) in [5.41, 5.74) is 24.1. The van der Waals surface area contributed by atoms with Crippen molar-refractivity contribution in [2.45, 2.75) is 79.7 Å². The zero-order chi connectivity index (χ0) is 74.3. The Morgan fingerprint density at radius 2 is 0.798 bits per heavy atom. The van der Waals surface area contributed by atoms with Gasteiger partial charge in [0.25, 0.3) is 0 Å². The van der Waals surface area contributed by atoms with E-state index in [-0.39, 0.29) is 12.5 Å². The summed E-state index contributed by atoms with van der Waals surface area (Å²) < 4.78 is 18.0. The van der Waals surface area contributed by atoms with Gasteiger partial charge in [0.15, 0.2) is 17.5 Å². The second kappa shape index (κ2) is 33.9. The van der Waals surface area contributed by atoms with Crippen LogP contribution in [0.15, 0.2) is 233 Å². The Morgan fingerprint density at radius 3 is 1.16 bits per heavy atom. The molecule has 1 N–H and O–H groups in total. The number of nitrogens with one attached hydrogen (secondary N) is 1. The SMILES string of the molecule is C#C[Si](C)(C)C.C#Cc1ccc2c(c1)C(c1ccccc1)=NCc1nnc(C)n1-2.Cc1nnc2n1-c1ccc(Br)cc1C(c1ccccc1)=NC2.Cc1nnc2n1-c1ccc(C#C[Si](C)(C)C)cc1C(c1ccccc1)=NC2.O=C1CN=C(c2ccccc2)c2cc(Br)ccc2N1.O=NP(=O)(Cl)N=O. The van der Waals surface area contributed by atoms with Crippen molar-refractivity contribution in [3.8, 4) is 52.8 Å². The molecular weight excluding hydrogens is 1510 g/mol. The van der Waals surface area contributed by atoms with Gasteiger partial charge in [-0.25, -0.2) is 4.57 Å². The molecule has 0 fully saturated rings. The van der Waals surface area contributed by atoms with Crippen LogP contribution in [0.4, 0.5) is 5.69 Å². The summed E-state index contributed by atoms with van der Waals surface area (Å²) in [6, 6.07) is 65.0. The van der Waals surface area contributed by atoms with Gasteiger partial charge >= 0.3 is 6.80 Å². The third-order valence-corrected chi connectivity index (χ3v) is 19.2. The highest BCUT2D eigenvalue weighted by Crippen LogP contribution is 2.53. The molecule has 0 saturated carbocycles. The number of rotatable bonds is 6. The number of amides is 1. The number of nitroso groups, excluding NO2 is 2. The molecule has 7 heterocycles. The molecule has 104 heavy (non-hydrogen) atoms. The molecule has 0 saturated heterocycles. The van der Waals surface area contributed by atoms with E-state index in [1.54, 1.807) is 9.89 Å². The van der Waals surface area contributed by atoms with Crippen molar-refractivity contribution in [2.24, 2.45) is 29.9 Å². The fraction of sp³-hybridized carbons (Fsp3) is 0.167. The lowest BCUT2D eigenvalue weighted by atomic mass is 9.98. The summed E-state index contributed by atoms with van der Waals surface area (Å²) in [4.78, 5) is 52.3. The Kier molecular flexibility index (Phi) is 24.7. The van der Waals surface area contributed by atoms with Crippen molar-refractivity contribution >= 4 is 100 Å². The largest absolute Gasteiger partial charge is 0.460 e. The molecule has 0 unspecified atom stereocenters. The number of halogens is 3. The van der Waals surface area contributed by atoms with Crippen LogP contribution in [-0.2, 0) is 29.0 Å². The second-order valence-electron chi connectivity index (χ2n) is 25.7. The van der Waals surface area contributed by atoms with Gasteiger partial charge in [-0.15, -0.1) is 64.3 Å². The molecule has 0 radical (unpaired) electrons. The highest BCUT2D eigenvalue weighted by Gasteiger charge is 2.26. The molecule has 20 nitrogen and oxygen atoms in total. The first-order valence-electron chi connectivity index (χ1n) is 32.6. The summed E-state index contributed by atoms with van der Waals surface area (Å²) in [6.07, 6.45) is 10.7. The molecule has 0 aliphatic carbocycles. The zero-order valence-corrected chi connectivity index (χ0v) is 65.2. The Labute approximate surface area is 627 Å². The second-order valence-corrected chi connectivity index (χ2v) is 39.6. The molecule has 520 valence electrons. The van der Waals surface area contributed by atoms with E-state index in [9.17, 15) is 9.36 Å². The highest BCUT2D eigenvalue weighted by molar-refractivity contribution is 9.10. The molecule has 0 atom stereocenters. The fourth-order valence-electron chi connectivity index (χ4n) is 11.0. The average Bonchev–Trinajstić information content (AvgIpc) is 1.54. The molecule has 8 aromatic carbocycles. The summed E-state index contributed by atoms with van der Waals surface area (Å²) in [7, 11) is -2.54. The normalized spacial score (nSPS) is 12.8. The van der Waals surface area contributed by atoms with E-state index in [0.717, 1.165) is 145 Å². The van der Waals surface area contributed by atoms with Gasteiger partial charge in [-0.2, -0.15) is 0 Å². The van der Waals surface area contributed by atoms with Crippen molar-refractivity contribution in [1.29, 1.82) is 0 Å². The number of hydrogen-bond acceptors (Lipinski definition) is 14. The van der Waals surface area contributed by atoms with Crippen LogP contribution in [0.2, 0.25) is 39.3 Å². The van der Waals surface area contributed by atoms with E-state index in [0.29, 0.717) is 19.6 Å². The maximum Gasteiger partial charge on any atom is 0.460 e. The minimum absolute atomic E-state index is 0.0884. The Balaban J connectivity index is 0.000000141. The van der Waals surface area contributed by atoms with Gasteiger partial charge in [0, 0.05) is 74.5 Å². The van der Waals surface area contributed by atoms with Crippen molar-refractivity contribution < 1.29 is 9.36 Å². The van der Waals surface area contributed by atoms with Crippen LogP contribution in [0.5, 0.6) is 0 Å². The number of aromatic nitrogens is 9. The monoisotopic (exact) mass is 1570 g/mol. The van der Waals surface area contributed by atoms with Crippen LogP contribution in [0.25, 0.3) is 17.1 Å². The van der Waals surface area contributed by atoms with Gasteiger partial charge in [-0.1, -0.05) is 204 Å². The van der Waals surface area contributed by atoms with E-state index < -0.39 is 22.9 Å². The third-order valence-electron chi connectivity index (χ3n) is 15.7. The minimum atomic E-state index is -4.04. The van der Waals surface area contributed by atoms with Crippen LogP contribution < -0.4 is 5.32 Å². The number of hydrogen-bond donors (Lipinski definition) is 1. The number of anilines is 1. The maximum absolute atomic E-state index is 11.7. The lowest BCUT2D eigenvalue weighted by Gasteiger charge is -2.13. The fourth-order valence-corrected chi connectivity index (χ4v) is 12.2. The molecule has 0 spiro atoms. The average molecular weight is 1580 g/mol. The van der Waals surface area contributed by atoms with Crippen LogP contribution in [-0.4, -0.2) is 95.7 Å². The van der Waals surface area contributed by atoms with Gasteiger partial charge in [0.05, 0.1) is 45.6 Å². The summed E-state index contributed by atoms with van der Waals surface area (Å²) in [5, 5.41) is 28.3. The molecule has 4 aliphatic heterocycles. The van der Waals surface area contributed by atoms with E-state index in [4.69, 9.17) is 37.6 Å². The van der Waals surface area contributed by atoms with E-state index in [2.05, 4.69) is 227 Å². The van der Waals surface area contributed by atoms with Crippen LogP contribution in [0, 0.1) is 66.4 Å². The number of fused-ring (bicyclic) bond motifs is 10.